The summed E-state index contributed by atoms with van der Waals surface area (Å²) in [5.74, 6) is 0. The van der Waals surface area contributed by atoms with Gasteiger partial charge in [0.2, 0.25) is 0 Å². The topological polar surface area (TPSA) is 58.2 Å². The molecule has 4 heteroatoms. The van der Waals surface area contributed by atoms with Crippen molar-refractivity contribution in [3.8, 4) is 0 Å². The van der Waals surface area contributed by atoms with Gasteiger partial charge in [0, 0.05) is 0 Å². The van der Waals surface area contributed by atoms with E-state index < -0.39 is 6.09 Å². The van der Waals surface area contributed by atoms with Crippen molar-refractivity contribution in [2.24, 2.45) is 0 Å². The maximum Gasteiger partial charge on any atom is 0.473 e. The molecule has 0 fully saturated rings. The number of hydroxylamine groups is 1. The Kier molecular flexibility index (Phi) is 2.15. The summed E-state index contributed by atoms with van der Waals surface area (Å²) in [5, 5.41) is 9.25. The Labute approximate surface area is 34.7 Å². The third-order valence-corrected chi connectivity index (χ3v) is 0.185. The lowest BCUT2D eigenvalue weighted by molar-refractivity contribution is 0.0667. The standard InChI is InChI=1S/C2H4NO3/c1-6-3-2(4)5/h3H,1H3. The number of nitrogens with one attached hydrogen (secondary N) is 1. The normalized spacial score (nSPS) is 7.50. The predicted molar refractivity (Wildman–Crippen MR) is 16.2 cm³/mol. The minimum Gasteiger partial charge on any atom is -0.274 e. The molecule has 1 amide bonds. The molecule has 0 rings (SSSR count). The van der Waals surface area contributed by atoms with Gasteiger partial charge in [-0.05, 0) is 0 Å². The molecule has 0 aromatic heterocycles. The highest BCUT2D eigenvalue weighted by Crippen LogP contribution is 1.55. The second-order valence-electron chi connectivity index (χ2n) is 0.594. The van der Waals surface area contributed by atoms with E-state index in [-0.39, 0.29) is 0 Å². The lowest BCUT2D eigenvalue weighted by Crippen LogP contribution is -2.16. The molecule has 0 spiro atoms. The molecular formula is C2H4NO3. The molecule has 0 saturated heterocycles. The predicted octanol–water partition coefficient (Wildman–Crippen LogP) is -0.312. The molecule has 1 radical (unpaired) electrons. The SMILES string of the molecule is CONC([O])=O. The van der Waals surface area contributed by atoms with Crippen molar-refractivity contribution < 1.29 is 14.7 Å². The summed E-state index contributed by atoms with van der Waals surface area (Å²) in [6.07, 6.45) is -1.43. The molecular weight excluding hydrogens is 86.0 g/mol. The summed E-state index contributed by atoms with van der Waals surface area (Å²) in [7, 11) is 1.19. The Bertz CT molecular complexity index is 52.8. The zero-order valence-corrected chi connectivity index (χ0v) is 3.22. The Morgan fingerprint density at radius 3 is 2.33 bits per heavy atom. The quantitative estimate of drug-likeness (QED) is 0.449. The highest BCUT2D eigenvalue weighted by Gasteiger charge is 1.88. The van der Waals surface area contributed by atoms with Crippen molar-refractivity contribution >= 4 is 6.09 Å². The maximum atomic E-state index is 9.25. The van der Waals surface area contributed by atoms with Crippen LogP contribution in [0.15, 0.2) is 0 Å². The first-order chi connectivity index (χ1) is 2.77. The van der Waals surface area contributed by atoms with Gasteiger partial charge < -0.3 is 0 Å². The molecule has 1 N–H and O–H groups in total. The summed E-state index contributed by atoms with van der Waals surface area (Å²) in [4.78, 5) is 13.1. The second-order valence-corrected chi connectivity index (χ2v) is 0.594. The summed E-state index contributed by atoms with van der Waals surface area (Å²) >= 11 is 0. The minimum absolute atomic E-state index is 1.19. The van der Waals surface area contributed by atoms with E-state index in [0.29, 0.717) is 0 Å². The van der Waals surface area contributed by atoms with Gasteiger partial charge in [0.05, 0.1) is 7.11 Å². The van der Waals surface area contributed by atoms with Crippen LogP contribution in [0.3, 0.4) is 0 Å². The Hall–Kier alpha value is -0.770. The molecule has 0 aromatic rings. The average Bonchev–Trinajstić information content (AvgIpc) is 1.35. The van der Waals surface area contributed by atoms with Gasteiger partial charge in [-0.15, -0.1) is 0 Å². The average molecular weight is 90.1 g/mol. The van der Waals surface area contributed by atoms with Gasteiger partial charge in [-0.3, -0.25) is 4.84 Å². The van der Waals surface area contributed by atoms with Crippen LogP contribution in [0.5, 0.6) is 0 Å². The molecule has 0 atom stereocenters. The third-order valence-electron chi connectivity index (χ3n) is 0.185. The molecule has 0 unspecified atom stereocenters. The fourth-order valence-electron chi connectivity index (χ4n) is 0.0833. The lowest BCUT2D eigenvalue weighted by Gasteiger charge is -1.85. The molecule has 6 heavy (non-hydrogen) atoms. The van der Waals surface area contributed by atoms with Crippen molar-refractivity contribution in [3.63, 3.8) is 0 Å². The van der Waals surface area contributed by atoms with Crippen LogP contribution >= 0.6 is 0 Å². The van der Waals surface area contributed by atoms with Crippen molar-refractivity contribution in [3.05, 3.63) is 0 Å². The van der Waals surface area contributed by atoms with Gasteiger partial charge >= 0.3 is 6.09 Å². The summed E-state index contributed by atoms with van der Waals surface area (Å²) in [6, 6.07) is 0. The van der Waals surface area contributed by atoms with Gasteiger partial charge in [-0.1, -0.05) is 0 Å². The van der Waals surface area contributed by atoms with E-state index in [4.69, 9.17) is 0 Å². The summed E-state index contributed by atoms with van der Waals surface area (Å²) < 4.78 is 0. The minimum atomic E-state index is -1.43. The van der Waals surface area contributed by atoms with Gasteiger partial charge in [-0.2, -0.15) is 5.48 Å². The number of carbonyl (C=O) groups excluding carboxylic acids is 1. The highest BCUT2D eigenvalue weighted by molar-refractivity contribution is 5.62. The second kappa shape index (κ2) is 2.47. The van der Waals surface area contributed by atoms with Crippen molar-refractivity contribution in [1.82, 2.24) is 5.48 Å². The summed E-state index contributed by atoms with van der Waals surface area (Å²) in [5.41, 5.74) is 1.51. The van der Waals surface area contributed by atoms with Crippen LogP contribution in [-0.2, 0) is 9.94 Å². The number of amides is 1. The van der Waals surface area contributed by atoms with Gasteiger partial charge in [0.25, 0.3) is 0 Å². The maximum absolute atomic E-state index is 9.25. The molecule has 0 aliphatic carbocycles. The van der Waals surface area contributed by atoms with Gasteiger partial charge in [0.15, 0.2) is 0 Å². The number of rotatable bonds is 1. The molecule has 35 valence electrons. The first kappa shape index (κ1) is 5.23. The highest BCUT2D eigenvalue weighted by atomic mass is 16.7. The van der Waals surface area contributed by atoms with Gasteiger partial charge in [0.1, 0.15) is 0 Å². The zero-order chi connectivity index (χ0) is 4.99. The molecule has 0 saturated carbocycles. The van der Waals surface area contributed by atoms with Crippen LogP contribution < -0.4 is 5.48 Å². The van der Waals surface area contributed by atoms with Crippen LogP contribution in [0.4, 0.5) is 4.79 Å². The molecule has 0 aliphatic rings. The van der Waals surface area contributed by atoms with E-state index in [0.717, 1.165) is 0 Å². The molecule has 0 aromatic carbocycles. The fraction of sp³-hybridized carbons (Fsp3) is 0.500. The van der Waals surface area contributed by atoms with E-state index in [2.05, 4.69) is 4.84 Å². The first-order valence-electron chi connectivity index (χ1n) is 1.27. The largest absolute Gasteiger partial charge is 0.473 e. The van der Waals surface area contributed by atoms with Crippen LogP contribution in [0, 0.1) is 0 Å². The molecule has 0 bridgehead atoms. The van der Waals surface area contributed by atoms with E-state index in [1.54, 1.807) is 0 Å². The number of hydrogen-bond donors (Lipinski definition) is 1. The van der Waals surface area contributed by atoms with Crippen LogP contribution in [0.25, 0.3) is 0 Å². The molecule has 0 heterocycles. The van der Waals surface area contributed by atoms with Crippen molar-refractivity contribution in [2.75, 3.05) is 7.11 Å². The van der Waals surface area contributed by atoms with Crippen LogP contribution in [-0.4, -0.2) is 13.2 Å². The number of hydrogen-bond acceptors (Lipinski definition) is 2. The first-order valence-corrected chi connectivity index (χ1v) is 1.27. The van der Waals surface area contributed by atoms with Gasteiger partial charge in [-0.25, -0.2) is 9.90 Å². The molecule has 0 aliphatic heterocycles. The third kappa shape index (κ3) is 3.23. The van der Waals surface area contributed by atoms with E-state index in [9.17, 15) is 9.90 Å². The van der Waals surface area contributed by atoms with Crippen LogP contribution in [0.1, 0.15) is 0 Å². The van der Waals surface area contributed by atoms with E-state index >= 15 is 0 Å². The zero-order valence-electron chi connectivity index (χ0n) is 3.22. The van der Waals surface area contributed by atoms with Crippen molar-refractivity contribution in [1.29, 1.82) is 0 Å². The monoisotopic (exact) mass is 90.0 g/mol. The Balaban J connectivity index is 2.83. The smallest absolute Gasteiger partial charge is 0.274 e. The fourth-order valence-corrected chi connectivity index (χ4v) is 0.0833. The van der Waals surface area contributed by atoms with E-state index in [1.807, 2.05) is 0 Å². The summed E-state index contributed by atoms with van der Waals surface area (Å²) in [6.45, 7) is 0. The van der Waals surface area contributed by atoms with Crippen LogP contribution in [0.2, 0.25) is 0 Å². The van der Waals surface area contributed by atoms with Crippen molar-refractivity contribution in [2.45, 2.75) is 0 Å². The lowest BCUT2D eigenvalue weighted by atomic mass is 11.3. The Morgan fingerprint density at radius 1 is 1.83 bits per heavy atom. The Morgan fingerprint density at radius 2 is 2.33 bits per heavy atom. The molecule has 4 nitrogen and oxygen atoms in total. The van der Waals surface area contributed by atoms with E-state index in [1.165, 1.54) is 12.6 Å². The number of carbonyl (C=O) groups is 1.